The maximum Gasteiger partial charge on any atom is 0.273 e. The molecule has 9 nitrogen and oxygen atoms in total. The third-order valence-electron chi connectivity index (χ3n) is 4.71. The normalized spacial score (nSPS) is 15.0. The minimum atomic E-state index is -0.151. The molecule has 1 saturated heterocycles. The molecule has 3 aromatic heterocycles. The van der Waals surface area contributed by atoms with E-state index in [2.05, 4.69) is 20.6 Å². The Morgan fingerprint density at radius 2 is 2.11 bits per heavy atom. The molecule has 0 atom stereocenters. The third kappa shape index (κ3) is 3.81. The number of amides is 2. The lowest BCUT2D eigenvalue weighted by Crippen LogP contribution is -2.41. The predicted molar refractivity (Wildman–Crippen MR) is 103 cm³/mol. The van der Waals surface area contributed by atoms with E-state index in [-0.39, 0.29) is 17.7 Å². The molecular formula is C18H20N6O3S. The van der Waals surface area contributed by atoms with E-state index in [0.29, 0.717) is 43.2 Å². The summed E-state index contributed by atoms with van der Waals surface area (Å²) in [5.41, 5.74) is 1.33. The van der Waals surface area contributed by atoms with Gasteiger partial charge in [0.25, 0.3) is 5.91 Å². The second-order valence-electron chi connectivity index (χ2n) is 6.82. The Labute approximate surface area is 165 Å². The molecule has 10 heteroatoms. The lowest BCUT2D eigenvalue weighted by atomic mass is 9.95. The van der Waals surface area contributed by atoms with Gasteiger partial charge < -0.3 is 14.7 Å². The van der Waals surface area contributed by atoms with Crippen molar-refractivity contribution in [3.63, 3.8) is 0 Å². The largest absolute Gasteiger partial charge is 0.360 e. The van der Waals surface area contributed by atoms with Gasteiger partial charge in [-0.1, -0.05) is 5.16 Å². The van der Waals surface area contributed by atoms with Crippen LogP contribution in [0.5, 0.6) is 0 Å². The Morgan fingerprint density at radius 3 is 2.75 bits per heavy atom. The molecule has 0 bridgehead atoms. The lowest BCUT2D eigenvalue weighted by Gasteiger charge is -2.30. The number of nitrogens with one attached hydrogen (secondary N) is 1. The van der Waals surface area contributed by atoms with Crippen molar-refractivity contribution in [2.45, 2.75) is 19.8 Å². The van der Waals surface area contributed by atoms with E-state index in [4.69, 9.17) is 4.52 Å². The minimum absolute atomic E-state index is 0.0899. The first kappa shape index (κ1) is 18.4. The van der Waals surface area contributed by atoms with Crippen LogP contribution in [0, 0.1) is 12.8 Å². The zero-order valence-corrected chi connectivity index (χ0v) is 16.4. The van der Waals surface area contributed by atoms with Crippen LogP contribution in [-0.2, 0) is 11.8 Å². The molecule has 0 saturated carbocycles. The third-order valence-corrected chi connectivity index (χ3v) is 5.60. The molecule has 0 spiro atoms. The van der Waals surface area contributed by atoms with Crippen molar-refractivity contribution >= 4 is 29.0 Å². The fraction of sp³-hybridized carbons (Fsp3) is 0.389. The molecule has 1 fully saturated rings. The molecule has 0 aromatic carbocycles. The molecule has 3 aromatic rings. The molecule has 146 valence electrons. The zero-order chi connectivity index (χ0) is 19.7. The van der Waals surface area contributed by atoms with Gasteiger partial charge in [0.2, 0.25) is 5.91 Å². The standard InChI is InChI=1S/C18H20N6O3S/c1-11-7-15(22-27-11)21-16(25)12-3-5-24(6-4-12)18(26)14-10-28-17(20-14)13-8-19-23(2)9-13/h7-10,12H,3-6H2,1-2H3,(H,21,22,25). The van der Waals surface area contributed by atoms with Crippen molar-refractivity contribution in [1.82, 2.24) is 24.8 Å². The summed E-state index contributed by atoms with van der Waals surface area (Å²) in [4.78, 5) is 31.3. The summed E-state index contributed by atoms with van der Waals surface area (Å²) >= 11 is 1.43. The van der Waals surface area contributed by atoms with E-state index in [1.807, 2.05) is 13.2 Å². The van der Waals surface area contributed by atoms with Gasteiger partial charge in [0, 0.05) is 49.3 Å². The fourth-order valence-corrected chi connectivity index (χ4v) is 3.97. The topological polar surface area (TPSA) is 106 Å². The van der Waals surface area contributed by atoms with Gasteiger partial charge in [-0.25, -0.2) is 4.98 Å². The van der Waals surface area contributed by atoms with E-state index in [0.717, 1.165) is 10.6 Å². The van der Waals surface area contributed by atoms with Crippen molar-refractivity contribution in [3.8, 4) is 10.6 Å². The van der Waals surface area contributed by atoms with Gasteiger partial charge in [-0.3, -0.25) is 14.3 Å². The first-order chi connectivity index (χ1) is 13.5. The van der Waals surface area contributed by atoms with Crippen molar-refractivity contribution < 1.29 is 14.1 Å². The van der Waals surface area contributed by atoms with Crippen LogP contribution in [0.15, 0.2) is 28.4 Å². The van der Waals surface area contributed by atoms with Gasteiger partial charge in [0.1, 0.15) is 16.5 Å². The number of aromatic nitrogens is 4. The highest BCUT2D eigenvalue weighted by atomic mass is 32.1. The monoisotopic (exact) mass is 400 g/mol. The van der Waals surface area contributed by atoms with Gasteiger partial charge in [-0.2, -0.15) is 5.10 Å². The van der Waals surface area contributed by atoms with Gasteiger partial charge >= 0.3 is 0 Å². The lowest BCUT2D eigenvalue weighted by molar-refractivity contribution is -0.121. The number of thiazole rings is 1. The van der Waals surface area contributed by atoms with E-state index in [9.17, 15) is 9.59 Å². The highest BCUT2D eigenvalue weighted by Gasteiger charge is 2.29. The molecule has 4 rings (SSSR count). The summed E-state index contributed by atoms with van der Waals surface area (Å²) in [6.45, 7) is 2.81. The molecule has 0 unspecified atom stereocenters. The summed E-state index contributed by atoms with van der Waals surface area (Å²) in [6, 6.07) is 1.68. The molecule has 2 amide bonds. The molecule has 0 aliphatic carbocycles. The van der Waals surface area contributed by atoms with Crippen molar-refractivity contribution in [3.05, 3.63) is 35.3 Å². The Bertz CT molecular complexity index is 999. The van der Waals surface area contributed by atoms with Gasteiger partial charge in [0.05, 0.1) is 6.20 Å². The number of hydrogen-bond acceptors (Lipinski definition) is 7. The smallest absolute Gasteiger partial charge is 0.273 e. The van der Waals surface area contributed by atoms with Crippen LogP contribution in [0.2, 0.25) is 0 Å². The van der Waals surface area contributed by atoms with Crippen LogP contribution in [0.4, 0.5) is 5.82 Å². The summed E-state index contributed by atoms with van der Waals surface area (Å²) < 4.78 is 6.66. The second-order valence-corrected chi connectivity index (χ2v) is 7.68. The van der Waals surface area contributed by atoms with Crippen LogP contribution in [0.3, 0.4) is 0 Å². The van der Waals surface area contributed by atoms with Crippen LogP contribution < -0.4 is 5.32 Å². The predicted octanol–water partition coefficient (Wildman–Crippen LogP) is 2.33. The molecule has 0 radical (unpaired) electrons. The van der Waals surface area contributed by atoms with E-state index < -0.39 is 0 Å². The van der Waals surface area contributed by atoms with Crippen molar-refractivity contribution in [2.75, 3.05) is 18.4 Å². The quantitative estimate of drug-likeness (QED) is 0.720. The average molecular weight is 400 g/mol. The molecule has 1 aliphatic rings. The van der Waals surface area contributed by atoms with Crippen LogP contribution in [0.1, 0.15) is 29.1 Å². The van der Waals surface area contributed by atoms with Gasteiger partial charge in [0.15, 0.2) is 5.82 Å². The minimum Gasteiger partial charge on any atom is -0.360 e. The van der Waals surface area contributed by atoms with Crippen LogP contribution >= 0.6 is 11.3 Å². The Kier molecular flexibility index (Phi) is 4.95. The number of carbonyl (C=O) groups excluding carboxylic acids is 2. The fourth-order valence-electron chi connectivity index (χ4n) is 3.20. The number of aryl methyl sites for hydroxylation is 2. The molecular weight excluding hydrogens is 380 g/mol. The average Bonchev–Trinajstić information content (AvgIpc) is 3.42. The number of carbonyl (C=O) groups is 2. The summed E-state index contributed by atoms with van der Waals surface area (Å²) in [6.07, 6.45) is 4.81. The Balaban J connectivity index is 1.34. The van der Waals surface area contributed by atoms with Gasteiger partial charge in [-0.05, 0) is 19.8 Å². The van der Waals surface area contributed by atoms with E-state index >= 15 is 0 Å². The number of rotatable bonds is 4. The summed E-state index contributed by atoms with van der Waals surface area (Å²) in [7, 11) is 1.84. The number of nitrogens with zero attached hydrogens (tertiary/aromatic N) is 5. The molecule has 28 heavy (non-hydrogen) atoms. The van der Waals surface area contributed by atoms with Crippen LogP contribution in [0.25, 0.3) is 10.6 Å². The second kappa shape index (κ2) is 7.55. The molecule has 1 N–H and O–H groups in total. The van der Waals surface area contributed by atoms with E-state index in [1.165, 1.54) is 11.3 Å². The summed E-state index contributed by atoms with van der Waals surface area (Å²) in [5.74, 6) is 0.726. The number of anilines is 1. The highest BCUT2D eigenvalue weighted by Crippen LogP contribution is 2.25. The zero-order valence-electron chi connectivity index (χ0n) is 15.6. The number of hydrogen-bond donors (Lipinski definition) is 1. The summed E-state index contributed by atoms with van der Waals surface area (Å²) in [5, 5.41) is 13.2. The van der Waals surface area contributed by atoms with Gasteiger partial charge in [-0.15, -0.1) is 11.3 Å². The molecule has 4 heterocycles. The first-order valence-electron chi connectivity index (χ1n) is 8.97. The van der Waals surface area contributed by atoms with Crippen molar-refractivity contribution in [2.24, 2.45) is 13.0 Å². The van der Waals surface area contributed by atoms with Crippen molar-refractivity contribution in [1.29, 1.82) is 0 Å². The maximum atomic E-state index is 12.7. The highest BCUT2D eigenvalue weighted by molar-refractivity contribution is 7.13. The number of piperidine rings is 1. The van der Waals surface area contributed by atoms with Crippen LogP contribution in [-0.4, -0.2) is 49.7 Å². The maximum absolute atomic E-state index is 12.7. The van der Waals surface area contributed by atoms with E-state index in [1.54, 1.807) is 34.1 Å². The Hall–Kier alpha value is -3.01. The first-order valence-corrected chi connectivity index (χ1v) is 9.85. The SMILES string of the molecule is Cc1cc(NC(=O)C2CCN(C(=O)c3csc(-c4cnn(C)c4)n3)CC2)no1. The molecule has 1 aliphatic heterocycles. The number of likely N-dealkylation sites (tertiary alicyclic amines) is 1. The Morgan fingerprint density at radius 1 is 1.32 bits per heavy atom.